The van der Waals surface area contributed by atoms with Crippen LogP contribution in [0.15, 0.2) is 78.9 Å². The first-order valence-corrected chi connectivity index (χ1v) is 17.2. The number of nitrogens with zero attached hydrogens (tertiary/aromatic N) is 3. The Kier molecular flexibility index (Phi) is 11.7. The molecule has 3 N–H and O–H groups in total. The van der Waals surface area contributed by atoms with E-state index in [4.69, 9.17) is 5.73 Å². The van der Waals surface area contributed by atoms with Crippen LogP contribution in [0, 0.1) is 5.82 Å². The fourth-order valence-electron chi connectivity index (χ4n) is 6.94. The third kappa shape index (κ3) is 8.88. The summed E-state index contributed by atoms with van der Waals surface area (Å²) in [5.74, 6) is -1.29. The van der Waals surface area contributed by atoms with E-state index in [0.29, 0.717) is 19.0 Å². The van der Waals surface area contributed by atoms with Crippen molar-refractivity contribution in [3.05, 3.63) is 95.8 Å². The number of fused-ring (bicyclic) bond motifs is 1. The molecule has 1 aliphatic heterocycles. The van der Waals surface area contributed by atoms with E-state index in [9.17, 15) is 18.8 Å². The summed E-state index contributed by atoms with van der Waals surface area (Å²) in [6.45, 7) is 1.54. The summed E-state index contributed by atoms with van der Waals surface area (Å²) in [4.78, 5) is 47.1. The van der Waals surface area contributed by atoms with Gasteiger partial charge in [0, 0.05) is 45.1 Å². The lowest BCUT2D eigenvalue weighted by atomic mass is 9.75. The third-order valence-corrected chi connectivity index (χ3v) is 10.4. The number of carbonyl (C=O) groups excluding carboxylic acids is 3. The summed E-state index contributed by atoms with van der Waals surface area (Å²) in [5, 5.41) is 5.20. The molecule has 3 aromatic carbocycles. The number of carbonyl (C=O) groups is 3. The van der Waals surface area contributed by atoms with Crippen LogP contribution in [0.3, 0.4) is 0 Å². The van der Waals surface area contributed by atoms with Crippen molar-refractivity contribution in [2.24, 2.45) is 5.73 Å². The number of benzene rings is 3. The van der Waals surface area contributed by atoms with Gasteiger partial charge in [-0.1, -0.05) is 60.7 Å². The number of likely N-dealkylation sites (tertiary alicyclic amines) is 1. The molecule has 1 heterocycles. The number of hydrogen-bond acceptors (Lipinski definition) is 5. The molecule has 1 aliphatic carbocycles. The highest BCUT2D eigenvalue weighted by Gasteiger charge is 2.35. The summed E-state index contributed by atoms with van der Waals surface area (Å²) < 4.78 is 13.8. The lowest BCUT2D eigenvalue weighted by Gasteiger charge is -2.37. The van der Waals surface area contributed by atoms with Crippen molar-refractivity contribution >= 4 is 28.5 Å². The molecular weight excluding hydrogens is 605 g/mol. The quantitative estimate of drug-likeness (QED) is 0.242. The van der Waals surface area contributed by atoms with Crippen LogP contribution in [-0.4, -0.2) is 90.3 Å². The zero-order chi connectivity index (χ0) is 34.3. The molecule has 0 radical (unpaired) electrons. The Morgan fingerprint density at radius 1 is 0.958 bits per heavy atom. The molecule has 0 aromatic heterocycles. The first-order valence-electron chi connectivity index (χ1n) is 17.2. The van der Waals surface area contributed by atoms with Crippen LogP contribution in [-0.2, 0) is 27.2 Å². The molecule has 5 rings (SSSR count). The molecular formula is C39H50FN5O3. The van der Waals surface area contributed by atoms with Crippen molar-refractivity contribution in [1.29, 1.82) is 0 Å². The van der Waals surface area contributed by atoms with Crippen LogP contribution in [0.2, 0.25) is 0 Å². The lowest BCUT2D eigenvalue weighted by molar-refractivity contribution is -0.146. The number of amides is 3. The van der Waals surface area contributed by atoms with Crippen molar-refractivity contribution in [2.75, 3.05) is 34.2 Å². The second-order valence-corrected chi connectivity index (χ2v) is 13.8. The SMILES string of the molecule is CN1CCCC1CCNC(=O)[C@@H](Cc1ccc(F)cc1)N(C)C(=O)[C@@H](Cc1ccc2ccccc2c1)N(C)C(=O)/C=C/CC1(N)CCC1. The third-order valence-electron chi connectivity index (χ3n) is 10.4. The molecule has 8 nitrogen and oxygen atoms in total. The van der Waals surface area contributed by atoms with E-state index in [1.807, 2.05) is 48.5 Å². The monoisotopic (exact) mass is 655 g/mol. The normalized spacial score (nSPS) is 18.7. The van der Waals surface area contributed by atoms with Gasteiger partial charge < -0.3 is 25.8 Å². The molecule has 3 atom stereocenters. The Morgan fingerprint density at radius 3 is 2.31 bits per heavy atom. The van der Waals surface area contributed by atoms with E-state index in [-0.39, 0.29) is 41.9 Å². The number of rotatable bonds is 14. The second-order valence-electron chi connectivity index (χ2n) is 13.8. The second kappa shape index (κ2) is 15.9. The van der Waals surface area contributed by atoms with Crippen molar-refractivity contribution in [3.8, 4) is 0 Å². The van der Waals surface area contributed by atoms with Gasteiger partial charge in [-0.15, -0.1) is 0 Å². The molecule has 0 bridgehead atoms. The Labute approximate surface area is 284 Å². The van der Waals surface area contributed by atoms with Crippen LogP contribution >= 0.6 is 0 Å². The standard InChI is InChI=1S/C39H50FN5O3/c1-43-24-7-11-33(43)19-23-42-37(47)34(26-28-14-17-32(40)18-15-28)45(3)38(48)35(27-29-13-16-30-9-4-5-10-31(30)25-29)44(2)36(46)12-6-20-39(41)21-8-22-39/h4-6,9-10,12-18,25,33-35H,7-8,11,19-24,26-27,41H2,1-3H3,(H,42,47)/b12-6+/t33?,34-,35-/m1/s1. The van der Waals surface area contributed by atoms with Crippen molar-refractivity contribution in [2.45, 2.75) is 81.5 Å². The summed E-state index contributed by atoms with van der Waals surface area (Å²) in [6.07, 6.45) is 10.4. The van der Waals surface area contributed by atoms with Crippen molar-refractivity contribution < 1.29 is 18.8 Å². The van der Waals surface area contributed by atoms with Crippen LogP contribution in [0.5, 0.6) is 0 Å². The lowest BCUT2D eigenvalue weighted by Crippen LogP contribution is -2.56. The molecule has 48 heavy (non-hydrogen) atoms. The van der Waals surface area contributed by atoms with Crippen LogP contribution in [0.1, 0.15) is 56.1 Å². The maximum absolute atomic E-state index is 14.5. The first-order chi connectivity index (χ1) is 23.0. The highest BCUT2D eigenvalue weighted by molar-refractivity contribution is 5.95. The van der Waals surface area contributed by atoms with Crippen LogP contribution < -0.4 is 11.1 Å². The van der Waals surface area contributed by atoms with Gasteiger partial charge in [0.1, 0.15) is 17.9 Å². The predicted molar refractivity (Wildman–Crippen MR) is 189 cm³/mol. The van der Waals surface area contributed by atoms with E-state index >= 15 is 0 Å². The zero-order valence-electron chi connectivity index (χ0n) is 28.5. The molecule has 0 spiro atoms. The molecule has 2 fully saturated rings. The van der Waals surface area contributed by atoms with Crippen molar-refractivity contribution in [3.63, 3.8) is 0 Å². The van der Waals surface area contributed by atoms with Gasteiger partial charge in [-0.05, 0) is 98.6 Å². The van der Waals surface area contributed by atoms with Gasteiger partial charge in [0.25, 0.3) is 0 Å². The van der Waals surface area contributed by atoms with Gasteiger partial charge in [-0.3, -0.25) is 14.4 Å². The van der Waals surface area contributed by atoms with Gasteiger partial charge in [0.15, 0.2) is 0 Å². The molecule has 3 aromatic rings. The van der Waals surface area contributed by atoms with E-state index in [0.717, 1.165) is 67.0 Å². The number of nitrogens with two attached hydrogens (primary N) is 1. The topological polar surface area (TPSA) is 99.0 Å². The predicted octanol–water partition coefficient (Wildman–Crippen LogP) is 4.85. The fourth-order valence-corrected chi connectivity index (χ4v) is 6.94. The number of hydrogen-bond donors (Lipinski definition) is 2. The van der Waals surface area contributed by atoms with Gasteiger partial charge in [0.05, 0.1) is 0 Å². The van der Waals surface area contributed by atoms with Gasteiger partial charge >= 0.3 is 0 Å². The average Bonchev–Trinajstić information content (AvgIpc) is 3.49. The molecule has 256 valence electrons. The Balaban J connectivity index is 1.38. The zero-order valence-corrected chi connectivity index (χ0v) is 28.5. The minimum absolute atomic E-state index is 0.205. The molecule has 1 saturated carbocycles. The van der Waals surface area contributed by atoms with Gasteiger partial charge in [0.2, 0.25) is 17.7 Å². The largest absolute Gasteiger partial charge is 0.354 e. The highest BCUT2D eigenvalue weighted by atomic mass is 19.1. The Hall–Kier alpha value is -4.08. The fraction of sp³-hybridized carbons (Fsp3) is 0.462. The number of halogens is 1. The highest BCUT2D eigenvalue weighted by Crippen LogP contribution is 2.32. The minimum atomic E-state index is -0.875. The maximum Gasteiger partial charge on any atom is 0.246 e. The van der Waals surface area contributed by atoms with E-state index in [1.165, 1.54) is 28.0 Å². The van der Waals surface area contributed by atoms with Gasteiger partial charge in [-0.2, -0.15) is 0 Å². The summed E-state index contributed by atoms with van der Waals surface area (Å²) in [7, 11) is 5.36. The van der Waals surface area contributed by atoms with Gasteiger partial charge in [-0.25, -0.2) is 4.39 Å². The van der Waals surface area contributed by atoms with E-state index in [1.54, 1.807) is 26.2 Å². The van der Waals surface area contributed by atoms with E-state index in [2.05, 4.69) is 17.3 Å². The molecule has 3 amide bonds. The summed E-state index contributed by atoms with van der Waals surface area (Å²) in [5.41, 5.74) is 7.75. The van der Waals surface area contributed by atoms with Crippen molar-refractivity contribution in [1.82, 2.24) is 20.0 Å². The molecule has 2 aliphatic rings. The summed E-state index contributed by atoms with van der Waals surface area (Å²) in [6, 6.07) is 18.7. The molecule has 1 unspecified atom stereocenters. The molecule has 9 heteroatoms. The van der Waals surface area contributed by atoms with Crippen LogP contribution in [0.4, 0.5) is 4.39 Å². The summed E-state index contributed by atoms with van der Waals surface area (Å²) >= 11 is 0. The smallest absolute Gasteiger partial charge is 0.246 e. The average molecular weight is 656 g/mol. The van der Waals surface area contributed by atoms with Crippen LogP contribution in [0.25, 0.3) is 10.8 Å². The van der Waals surface area contributed by atoms with E-state index < -0.39 is 12.1 Å². The first kappa shape index (κ1) is 35.2. The number of likely N-dealkylation sites (N-methyl/N-ethyl adjacent to an activating group) is 2. The molecule has 1 saturated heterocycles. The minimum Gasteiger partial charge on any atom is -0.354 e. The maximum atomic E-state index is 14.5. The number of nitrogens with one attached hydrogen (secondary N) is 1. The Bertz CT molecular complexity index is 1600. The Morgan fingerprint density at radius 2 is 1.65 bits per heavy atom.